The van der Waals surface area contributed by atoms with Gasteiger partial charge in [0.15, 0.2) is 5.58 Å². The highest BCUT2D eigenvalue weighted by Gasteiger charge is 2.27. The molecule has 2 aromatic rings. The molecule has 9 heteroatoms. The number of aromatic nitrogens is 1. The topological polar surface area (TPSA) is 89.6 Å². The zero-order chi connectivity index (χ0) is 17.5. The molecule has 1 fully saturated rings. The summed E-state index contributed by atoms with van der Waals surface area (Å²) in [6.45, 7) is 2.41. The average Bonchev–Trinajstić information content (AvgIpc) is 2.89. The van der Waals surface area contributed by atoms with Gasteiger partial charge >= 0.3 is 5.76 Å². The van der Waals surface area contributed by atoms with Crippen molar-refractivity contribution in [1.29, 1.82) is 0 Å². The number of halogens is 1. The first-order chi connectivity index (χ1) is 11.3. The molecule has 1 atom stereocenters. The number of alkyl halides is 1. The van der Waals surface area contributed by atoms with Gasteiger partial charge in [-0.15, -0.1) is 11.6 Å². The van der Waals surface area contributed by atoms with Crippen LogP contribution < -0.4 is 5.76 Å². The first-order valence-electron chi connectivity index (χ1n) is 7.66. The van der Waals surface area contributed by atoms with Crippen LogP contribution in [0.15, 0.2) is 32.3 Å². The molecule has 0 spiro atoms. The van der Waals surface area contributed by atoms with Crippen LogP contribution in [0.1, 0.15) is 31.0 Å². The van der Waals surface area contributed by atoms with E-state index in [0.717, 1.165) is 23.8 Å². The number of carbonyl (C=O) groups is 1. The minimum Gasteiger partial charge on any atom is -0.407 e. The molecule has 0 amide bonds. The molecule has 0 saturated carbocycles. The van der Waals surface area contributed by atoms with Crippen LogP contribution in [-0.2, 0) is 10.0 Å². The molecule has 7 nitrogen and oxygen atoms in total. The van der Waals surface area contributed by atoms with Crippen molar-refractivity contribution < 1.29 is 17.6 Å². The quantitative estimate of drug-likeness (QED) is 0.769. The Bertz CT molecular complexity index is 938. The fraction of sp³-hybridized carbons (Fsp3) is 0.467. The van der Waals surface area contributed by atoms with Crippen LogP contribution >= 0.6 is 11.6 Å². The molecule has 1 unspecified atom stereocenters. The molecular formula is C15H17ClN2O5S. The Hall–Kier alpha value is -1.64. The van der Waals surface area contributed by atoms with Crippen LogP contribution in [0.3, 0.4) is 0 Å². The number of benzene rings is 1. The van der Waals surface area contributed by atoms with E-state index in [-0.39, 0.29) is 16.0 Å². The van der Waals surface area contributed by atoms with E-state index < -0.39 is 27.1 Å². The van der Waals surface area contributed by atoms with E-state index in [9.17, 15) is 18.0 Å². The van der Waals surface area contributed by atoms with Crippen molar-refractivity contribution in [2.75, 3.05) is 13.1 Å². The molecule has 130 valence electrons. The highest BCUT2D eigenvalue weighted by molar-refractivity contribution is 7.89. The molecule has 1 aliphatic rings. The van der Waals surface area contributed by atoms with Crippen molar-refractivity contribution in [3.8, 4) is 0 Å². The molecule has 1 saturated heterocycles. The summed E-state index contributed by atoms with van der Waals surface area (Å²) in [5, 5.41) is -0.903. The molecule has 1 aromatic heterocycles. The molecule has 3 rings (SSSR count). The Morgan fingerprint density at radius 3 is 2.54 bits per heavy atom. The van der Waals surface area contributed by atoms with Crippen molar-refractivity contribution in [1.82, 2.24) is 8.87 Å². The van der Waals surface area contributed by atoms with Crippen molar-refractivity contribution in [3.63, 3.8) is 0 Å². The Morgan fingerprint density at radius 1 is 1.25 bits per heavy atom. The third-order valence-corrected chi connectivity index (χ3v) is 6.15. The maximum Gasteiger partial charge on any atom is 0.426 e. The van der Waals surface area contributed by atoms with E-state index in [0.29, 0.717) is 13.1 Å². The number of fused-ring (bicyclic) bond motifs is 1. The number of oxazole rings is 1. The summed E-state index contributed by atoms with van der Waals surface area (Å²) in [7, 11) is -3.64. The van der Waals surface area contributed by atoms with Gasteiger partial charge in [-0.25, -0.2) is 17.8 Å². The van der Waals surface area contributed by atoms with E-state index in [2.05, 4.69) is 0 Å². The largest absolute Gasteiger partial charge is 0.426 e. The van der Waals surface area contributed by atoms with Crippen molar-refractivity contribution in [3.05, 3.63) is 28.7 Å². The zero-order valence-electron chi connectivity index (χ0n) is 13.1. The van der Waals surface area contributed by atoms with E-state index >= 15 is 0 Å². The minimum absolute atomic E-state index is 0.0451. The summed E-state index contributed by atoms with van der Waals surface area (Å²) < 4.78 is 32.6. The Balaban J connectivity index is 2.07. The summed E-state index contributed by atoms with van der Waals surface area (Å²) in [6.07, 6.45) is 2.67. The van der Waals surface area contributed by atoms with Crippen LogP contribution in [0.4, 0.5) is 0 Å². The van der Waals surface area contributed by atoms with E-state index in [1.807, 2.05) is 0 Å². The smallest absolute Gasteiger partial charge is 0.407 e. The predicted molar refractivity (Wildman–Crippen MR) is 89.0 cm³/mol. The van der Waals surface area contributed by atoms with Crippen LogP contribution in [0.2, 0.25) is 0 Å². The second-order valence-corrected chi connectivity index (χ2v) is 8.34. The average molecular weight is 373 g/mol. The molecule has 0 aliphatic carbocycles. The highest BCUT2D eigenvalue weighted by Crippen LogP contribution is 2.24. The standard InChI is InChI=1S/C15H17ClN2O5S/c1-10(16)14(19)18-12-6-5-11(9-13(12)23-15(18)20)24(21,22)17-7-3-2-4-8-17/h5-6,9-10H,2-4,7-8H2,1H3. The van der Waals surface area contributed by atoms with Gasteiger partial charge in [-0.1, -0.05) is 6.42 Å². The number of hydrogen-bond donors (Lipinski definition) is 0. The number of nitrogens with zero attached hydrogens (tertiary/aromatic N) is 2. The normalized spacial score (nSPS) is 17.9. The van der Waals surface area contributed by atoms with Crippen molar-refractivity contribution in [2.45, 2.75) is 36.5 Å². The molecule has 0 radical (unpaired) electrons. The lowest BCUT2D eigenvalue weighted by atomic mass is 10.2. The SMILES string of the molecule is CC(Cl)C(=O)n1c(=O)oc2cc(S(=O)(=O)N3CCCCC3)ccc21. The maximum absolute atomic E-state index is 12.7. The highest BCUT2D eigenvalue weighted by atomic mass is 35.5. The number of hydrogen-bond acceptors (Lipinski definition) is 5. The summed E-state index contributed by atoms with van der Waals surface area (Å²) in [6, 6.07) is 4.06. The molecular weight excluding hydrogens is 356 g/mol. The van der Waals surface area contributed by atoms with Gasteiger partial charge in [0.25, 0.3) is 5.91 Å². The lowest BCUT2D eigenvalue weighted by molar-refractivity contribution is 0.0909. The Labute approximate surface area is 143 Å². The van der Waals surface area contributed by atoms with Gasteiger partial charge in [0.1, 0.15) is 5.38 Å². The predicted octanol–water partition coefficient (Wildman–Crippen LogP) is 2.04. The van der Waals surface area contributed by atoms with Crippen LogP contribution in [0, 0.1) is 0 Å². The third-order valence-electron chi connectivity index (χ3n) is 4.07. The van der Waals surface area contributed by atoms with Gasteiger partial charge in [0.05, 0.1) is 10.4 Å². The summed E-state index contributed by atoms with van der Waals surface area (Å²) in [4.78, 5) is 24.0. The number of sulfonamides is 1. The molecule has 1 aromatic carbocycles. The van der Waals surface area contributed by atoms with Gasteiger partial charge in [0, 0.05) is 19.2 Å². The van der Waals surface area contributed by atoms with Crippen LogP contribution in [-0.4, -0.2) is 41.7 Å². The zero-order valence-corrected chi connectivity index (χ0v) is 14.6. The summed E-state index contributed by atoms with van der Waals surface area (Å²) >= 11 is 5.74. The van der Waals surface area contributed by atoms with E-state index in [1.54, 1.807) is 0 Å². The first kappa shape index (κ1) is 17.2. The van der Waals surface area contributed by atoms with Gasteiger partial charge < -0.3 is 4.42 Å². The second-order valence-electron chi connectivity index (χ2n) is 5.75. The lowest BCUT2D eigenvalue weighted by Gasteiger charge is -2.25. The number of rotatable bonds is 3. The van der Waals surface area contributed by atoms with Crippen molar-refractivity contribution in [2.24, 2.45) is 0 Å². The van der Waals surface area contributed by atoms with Crippen molar-refractivity contribution >= 4 is 38.6 Å². The fourth-order valence-electron chi connectivity index (χ4n) is 2.80. The van der Waals surface area contributed by atoms with Gasteiger partial charge in [0.2, 0.25) is 10.0 Å². The lowest BCUT2D eigenvalue weighted by Crippen LogP contribution is -2.35. The molecule has 0 bridgehead atoms. The monoisotopic (exact) mass is 372 g/mol. The Morgan fingerprint density at radius 2 is 1.92 bits per heavy atom. The second kappa shape index (κ2) is 6.34. The maximum atomic E-state index is 12.7. The van der Waals surface area contributed by atoms with Crippen LogP contribution in [0.25, 0.3) is 11.1 Å². The molecule has 1 aliphatic heterocycles. The molecule has 24 heavy (non-hydrogen) atoms. The molecule has 0 N–H and O–H groups in total. The summed E-state index contributed by atoms with van der Waals surface area (Å²) in [5.74, 6) is -1.50. The fourth-order valence-corrected chi connectivity index (χ4v) is 4.43. The minimum atomic E-state index is -3.64. The van der Waals surface area contributed by atoms with Gasteiger partial charge in [-0.2, -0.15) is 4.31 Å². The number of piperidine rings is 1. The van der Waals surface area contributed by atoms with E-state index in [1.165, 1.54) is 29.4 Å². The van der Waals surface area contributed by atoms with Gasteiger partial charge in [-0.05, 0) is 31.9 Å². The van der Waals surface area contributed by atoms with Crippen LogP contribution in [0.5, 0.6) is 0 Å². The number of carbonyl (C=O) groups excluding carboxylic acids is 1. The summed E-state index contributed by atoms with van der Waals surface area (Å²) in [5.41, 5.74) is 0.249. The van der Waals surface area contributed by atoms with E-state index in [4.69, 9.17) is 16.0 Å². The first-order valence-corrected chi connectivity index (χ1v) is 9.54. The third kappa shape index (κ3) is 2.89. The Kier molecular flexibility index (Phi) is 4.54. The molecule has 2 heterocycles. The van der Waals surface area contributed by atoms with Gasteiger partial charge in [-0.3, -0.25) is 4.79 Å².